The lowest BCUT2D eigenvalue weighted by molar-refractivity contribution is 0.350. The molecule has 0 saturated heterocycles. The molecular weight excluding hydrogens is 276 g/mol. The topological polar surface area (TPSA) is 69.0 Å². The predicted molar refractivity (Wildman–Crippen MR) is 79.8 cm³/mol. The Morgan fingerprint density at radius 2 is 2.30 bits per heavy atom. The summed E-state index contributed by atoms with van der Waals surface area (Å²) in [5, 5.41) is 4.10. The van der Waals surface area contributed by atoms with Gasteiger partial charge in [0.05, 0.1) is 13.7 Å². The van der Waals surface area contributed by atoms with Crippen LogP contribution in [0.1, 0.15) is 23.9 Å². The van der Waals surface area contributed by atoms with Gasteiger partial charge < -0.3 is 10.1 Å². The highest BCUT2D eigenvalue weighted by Gasteiger charge is 2.10. The highest BCUT2D eigenvalue weighted by atomic mass is 32.1. The SMILES string of the molecule is CCCNc1ncc(Cn2c(OC)nc(C)cc2=O)s1. The number of nitrogens with one attached hydrogen (secondary N) is 1. The summed E-state index contributed by atoms with van der Waals surface area (Å²) in [5.41, 5.74) is 0.531. The standard InChI is InChI=1S/C13H18N4O2S/c1-4-5-14-12-15-7-10(20-12)8-17-11(18)6-9(2)16-13(17)19-3/h6-7H,4-5,8H2,1-3H3,(H,14,15). The van der Waals surface area contributed by atoms with Gasteiger partial charge >= 0.3 is 0 Å². The molecule has 108 valence electrons. The fourth-order valence-corrected chi connectivity index (χ4v) is 2.57. The van der Waals surface area contributed by atoms with E-state index >= 15 is 0 Å². The zero-order valence-electron chi connectivity index (χ0n) is 11.8. The van der Waals surface area contributed by atoms with E-state index in [0.29, 0.717) is 18.2 Å². The largest absolute Gasteiger partial charge is 0.468 e. The second-order valence-corrected chi connectivity index (χ2v) is 5.48. The van der Waals surface area contributed by atoms with Crippen LogP contribution in [0.15, 0.2) is 17.1 Å². The molecule has 0 atom stereocenters. The average Bonchev–Trinajstić information content (AvgIpc) is 2.86. The number of rotatable bonds is 6. The number of nitrogens with zero attached hydrogens (tertiary/aromatic N) is 3. The smallest absolute Gasteiger partial charge is 0.299 e. The third kappa shape index (κ3) is 3.36. The van der Waals surface area contributed by atoms with Gasteiger partial charge in [0.15, 0.2) is 5.13 Å². The summed E-state index contributed by atoms with van der Waals surface area (Å²) in [6.07, 6.45) is 2.82. The maximum Gasteiger partial charge on any atom is 0.299 e. The first-order valence-electron chi connectivity index (χ1n) is 6.45. The van der Waals surface area contributed by atoms with Crippen molar-refractivity contribution in [1.29, 1.82) is 0 Å². The van der Waals surface area contributed by atoms with Crippen LogP contribution in [0.5, 0.6) is 6.01 Å². The van der Waals surface area contributed by atoms with Crippen molar-refractivity contribution in [2.75, 3.05) is 19.0 Å². The maximum absolute atomic E-state index is 12.0. The van der Waals surface area contributed by atoms with Crippen LogP contribution in [0.2, 0.25) is 0 Å². The lowest BCUT2D eigenvalue weighted by Gasteiger charge is -2.09. The Labute approximate surface area is 121 Å². The number of anilines is 1. The van der Waals surface area contributed by atoms with Gasteiger partial charge in [0.25, 0.3) is 11.6 Å². The number of aromatic nitrogens is 3. The first kappa shape index (κ1) is 14.5. The fraction of sp³-hybridized carbons (Fsp3) is 0.462. The van der Waals surface area contributed by atoms with Crippen LogP contribution in [0.4, 0.5) is 5.13 Å². The highest BCUT2D eigenvalue weighted by Crippen LogP contribution is 2.19. The van der Waals surface area contributed by atoms with Crippen LogP contribution in [0.3, 0.4) is 0 Å². The van der Waals surface area contributed by atoms with Gasteiger partial charge in [0, 0.05) is 29.4 Å². The average molecular weight is 294 g/mol. The molecule has 0 saturated carbocycles. The number of ether oxygens (including phenoxy) is 1. The summed E-state index contributed by atoms with van der Waals surface area (Å²) >= 11 is 1.53. The summed E-state index contributed by atoms with van der Waals surface area (Å²) < 4.78 is 6.68. The summed E-state index contributed by atoms with van der Waals surface area (Å²) in [4.78, 5) is 21.5. The molecule has 2 heterocycles. The van der Waals surface area contributed by atoms with Crippen molar-refractivity contribution < 1.29 is 4.74 Å². The van der Waals surface area contributed by atoms with Gasteiger partial charge in [-0.25, -0.2) is 9.97 Å². The third-order valence-electron chi connectivity index (χ3n) is 2.68. The lowest BCUT2D eigenvalue weighted by Crippen LogP contribution is -2.22. The zero-order chi connectivity index (χ0) is 14.5. The molecule has 0 bridgehead atoms. The Bertz CT molecular complexity index is 636. The number of aryl methyl sites for hydroxylation is 1. The van der Waals surface area contributed by atoms with E-state index < -0.39 is 0 Å². The van der Waals surface area contributed by atoms with Crippen LogP contribution in [-0.4, -0.2) is 28.2 Å². The molecule has 2 aromatic rings. The van der Waals surface area contributed by atoms with Gasteiger partial charge in [-0.2, -0.15) is 0 Å². The minimum absolute atomic E-state index is 0.120. The monoisotopic (exact) mass is 294 g/mol. The minimum Gasteiger partial charge on any atom is -0.468 e. The van der Waals surface area contributed by atoms with Crippen LogP contribution in [-0.2, 0) is 6.54 Å². The molecule has 0 aromatic carbocycles. The Hall–Kier alpha value is -1.89. The van der Waals surface area contributed by atoms with Crippen molar-refractivity contribution in [3.05, 3.63) is 33.2 Å². The molecule has 6 nitrogen and oxygen atoms in total. The van der Waals surface area contributed by atoms with Crippen LogP contribution < -0.4 is 15.6 Å². The Balaban J connectivity index is 2.21. The van der Waals surface area contributed by atoms with Crippen molar-refractivity contribution in [3.63, 3.8) is 0 Å². The molecule has 20 heavy (non-hydrogen) atoms. The summed E-state index contributed by atoms with van der Waals surface area (Å²) in [6.45, 7) is 5.18. The summed E-state index contributed by atoms with van der Waals surface area (Å²) in [7, 11) is 1.51. The van der Waals surface area contributed by atoms with Crippen molar-refractivity contribution in [2.24, 2.45) is 0 Å². The van der Waals surface area contributed by atoms with Crippen molar-refractivity contribution in [2.45, 2.75) is 26.8 Å². The van der Waals surface area contributed by atoms with E-state index in [1.807, 2.05) is 0 Å². The van der Waals surface area contributed by atoms with Crippen molar-refractivity contribution in [1.82, 2.24) is 14.5 Å². The zero-order valence-corrected chi connectivity index (χ0v) is 12.7. The summed E-state index contributed by atoms with van der Waals surface area (Å²) in [6, 6.07) is 1.83. The molecule has 0 radical (unpaired) electrons. The van der Waals surface area contributed by atoms with Crippen molar-refractivity contribution >= 4 is 16.5 Å². The maximum atomic E-state index is 12.0. The molecule has 1 N–H and O–H groups in total. The first-order chi connectivity index (χ1) is 9.63. The quantitative estimate of drug-likeness (QED) is 0.881. The van der Waals surface area contributed by atoms with Crippen LogP contribution >= 0.6 is 11.3 Å². The van der Waals surface area contributed by atoms with Gasteiger partial charge in [0.1, 0.15) is 0 Å². The molecule has 2 rings (SSSR count). The van der Waals surface area contributed by atoms with E-state index in [9.17, 15) is 4.79 Å². The molecule has 0 aliphatic carbocycles. The Morgan fingerprint density at radius 3 is 3.00 bits per heavy atom. The van der Waals surface area contributed by atoms with E-state index in [-0.39, 0.29) is 5.56 Å². The van der Waals surface area contributed by atoms with Crippen LogP contribution in [0, 0.1) is 6.92 Å². The number of hydrogen-bond donors (Lipinski definition) is 1. The van der Waals surface area contributed by atoms with E-state index in [2.05, 4.69) is 22.2 Å². The molecule has 7 heteroatoms. The van der Waals surface area contributed by atoms with Crippen LogP contribution in [0.25, 0.3) is 0 Å². The number of thiazole rings is 1. The van der Waals surface area contributed by atoms with Gasteiger partial charge in [-0.05, 0) is 13.3 Å². The molecule has 0 spiro atoms. The number of hydrogen-bond acceptors (Lipinski definition) is 6. The minimum atomic E-state index is -0.120. The molecule has 2 aromatic heterocycles. The molecule has 0 unspecified atom stereocenters. The second-order valence-electron chi connectivity index (χ2n) is 4.37. The molecule has 0 aliphatic heterocycles. The molecule has 0 fully saturated rings. The van der Waals surface area contributed by atoms with E-state index in [0.717, 1.165) is 23.0 Å². The highest BCUT2D eigenvalue weighted by molar-refractivity contribution is 7.15. The molecule has 0 amide bonds. The van der Waals surface area contributed by atoms with Gasteiger partial charge in [0.2, 0.25) is 0 Å². The van der Waals surface area contributed by atoms with E-state index in [1.54, 1.807) is 13.1 Å². The fourth-order valence-electron chi connectivity index (χ4n) is 1.75. The lowest BCUT2D eigenvalue weighted by atomic mass is 10.4. The Morgan fingerprint density at radius 1 is 1.50 bits per heavy atom. The predicted octanol–water partition coefficient (Wildman–Crippen LogP) is 1.89. The van der Waals surface area contributed by atoms with Gasteiger partial charge in [-0.15, -0.1) is 11.3 Å². The molecule has 0 aliphatic rings. The normalized spacial score (nSPS) is 10.6. The first-order valence-corrected chi connectivity index (χ1v) is 7.26. The van der Waals surface area contributed by atoms with Gasteiger partial charge in [-0.3, -0.25) is 9.36 Å². The Kier molecular flexibility index (Phi) is 4.73. The summed E-state index contributed by atoms with van der Waals surface area (Å²) in [5.74, 6) is 0. The second kappa shape index (κ2) is 6.51. The van der Waals surface area contributed by atoms with Gasteiger partial charge in [-0.1, -0.05) is 6.92 Å². The van der Waals surface area contributed by atoms with E-state index in [4.69, 9.17) is 4.74 Å². The number of methoxy groups -OCH3 is 1. The third-order valence-corrected chi connectivity index (χ3v) is 3.62. The van der Waals surface area contributed by atoms with Crippen molar-refractivity contribution in [3.8, 4) is 6.01 Å². The molecular formula is C13H18N4O2S. The van der Waals surface area contributed by atoms with E-state index in [1.165, 1.54) is 29.1 Å².